The molecule has 1 fully saturated rings. The molecule has 2 aromatic carbocycles. The number of rotatable bonds is 6. The molecule has 2 atom stereocenters. The number of halogens is 1. The van der Waals surface area contributed by atoms with Gasteiger partial charge in [-0.2, -0.15) is 0 Å². The van der Waals surface area contributed by atoms with Crippen molar-refractivity contribution in [2.75, 3.05) is 11.4 Å². The number of nitrogens with one attached hydrogen (secondary N) is 1. The number of carboxylic acids is 1. The third kappa shape index (κ3) is 5.30. The molecular formula is C23H27ClN2O3. The Hall–Kier alpha value is -2.53. The minimum atomic E-state index is -0.977. The van der Waals surface area contributed by atoms with Crippen molar-refractivity contribution in [3.05, 3.63) is 64.2 Å². The molecule has 1 amide bonds. The van der Waals surface area contributed by atoms with E-state index in [1.165, 1.54) is 25.0 Å². The van der Waals surface area contributed by atoms with Crippen LogP contribution in [0.3, 0.4) is 0 Å². The van der Waals surface area contributed by atoms with E-state index in [9.17, 15) is 9.59 Å². The van der Waals surface area contributed by atoms with E-state index in [1.807, 2.05) is 25.1 Å². The van der Waals surface area contributed by atoms with Crippen LogP contribution in [-0.4, -0.2) is 29.6 Å². The minimum absolute atomic E-state index is 0.113. The summed E-state index contributed by atoms with van der Waals surface area (Å²) in [7, 11) is 0. The lowest BCUT2D eigenvalue weighted by Crippen LogP contribution is -2.39. The van der Waals surface area contributed by atoms with E-state index < -0.39 is 5.97 Å². The lowest BCUT2D eigenvalue weighted by atomic mass is 9.98. The molecular weight excluding hydrogens is 388 g/mol. The van der Waals surface area contributed by atoms with Gasteiger partial charge in [-0.25, -0.2) is 4.79 Å². The fourth-order valence-electron chi connectivity index (χ4n) is 3.91. The highest BCUT2D eigenvalue weighted by atomic mass is 35.5. The van der Waals surface area contributed by atoms with Crippen LogP contribution in [0, 0.1) is 0 Å². The van der Waals surface area contributed by atoms with E-state index in [-0.39, 0.29) is 23.9 Å². The zero-order valence-electron chi connectivity index (χ0n) is 16.8. The van der Waals surface area contributed by atoms with Gasteiger partial charge in [0.25, 0.3) is 0 Å². The van der Waals surface area contributed by atoms with Gasteiger partial charge in [-0.1, -0.05) is 23.7 Å². The van der Waals surface area contributed by atoms with Gasteiger partial charge in [0.05, 0.1) is 18.0 Å². The number of anilines is 1. The van der Waals surface area contributed by atoms with Crippen molar-refractivity contribution in [2.24, 2.45) is 0 Å². The number of carboxylic acid groups (broad SMARTS) is 1. The first-order valence-electron chi connectivity index (χ1n) is 10.0. The number of amides is 1. The standard InChI is InChI=1S/C23H27ClN2O3/c1-15-5-3-4-12-26(15)21-11-10-19(24)14-20(21)16(2)25-22(27)13-17-6-8-18(9-7-17)23(28)29/h6-11,14-16H,3-5,12-13H2,1-2H3,(H,25,27)(H,28,29). The predicted molar refractivity (Wildman–Crippen MR) is 116 cm³/mol. The van der Waals surface area contributed by atoms with Gasteiger partial charge in [0.2, 0.25) is 5.91 Å². The first kappa shape index (κ1) is 21.2. The molecule has 29 heavy (non-hydrogen) atoms. The van der Waals surface area contributed by atoms with E-state index >= 15 is 0 Å². The van der Waals surface area contributed by atoms with Crippen LogP contribution in [0.2, 0.25) is 5.02 Å². The fraction of sp³-hybridized carbons (Fsp3) is 0.391. The number of nitrogens with zero attached hydrogens (tertiary/aromatic N) is 1. The molecule has 0 spiro atoms. The Morgan fingerprint density at radius 3 is 2.59 bits per heavy atom. The van der Waals surface area contributed by atoms with E-state index in [2.05, 4.69) is 17.1 Å². The minimum Gasteiger partial charge on any atom is -0.478 e. The largest absolute Gasteiger partial charge is 0.478 e. The quantitative estimate of drug-likeness (QED) is 0.709. The third-order valence-electron chi connectivity index (χ3n) is 5.51. The average Bonchev–Trinajstić information content (AvgIpc) is 2.69. The SMILES string of the molecule is CC(NC(=O)Cc1ccc(C(=O)O)cc1)c1cc(Cl)ccc1N1CCCCC1C. The predicted octanol–water partition coefficient (Wildman–Crippen LogP) is 4.84. The molecule has 3 rings (SSSR count). The highest BCUT2D eigenvalue weighted by Crippen LogP contribution is 2.33. The molecule has 1 aliphatic heterocycles. The zero-order chi connectivity index (χ0) is 21.0. The van der Waals surface area contributed by atoms with Crippen LogP contribution in [0.25, 0.3) is 0 Å². The van der Waals surface area contributed by atoms with E-state index in [0.29, 0.717) is 11.1 Å². The second kappa shape index (κ2) is 9.31. The molecule has 2 N–H and O–H groups in total. The smallest absolute Gasteiger partial charge is 0.335 e. The Balaban J connectivity index is 1.72. The summed E-state index contributed by atoms with van der Waals surface area (Å²) in [5, 5.41) is 12.7. The van der Waals surface area contributed by atoms with Gasteiger partial charge < -0.3 is 15.3 Å². The normalized spacial score (nSPS) is 17.6. The van der Waals surface area contributed by atoms with Crippen molar-refractivity contribution in [3.8, 4) is 0 Å². The van der Waals surface area contributed by atoms with Crippen LogP contribution in [-0.2, 0) is 11.2 Å². The maximum absolute atomic E-state index is 12.6. The third-order valence-corrected chi connectivity index (χ3v) is 5.75. The highest BCUT2D eigenvalue weighted by Gasteiger charge is 2.23. The molecule has 2 unspecified atom stereocenters. The molecule has 0 radical (unpaired) electrons. The van der Waals surface area contributed by atoms with Crippen molar-refractivity contribution < 1.29 is 14.7 Å². The Morgan fingerprint density at radius 1 is 1.21 bits per heavy atom. The number of hydrogen-bond donors (Lipinski definition) is 2. The second-order valence-electron chi connectivity index (χ2n) is 7.71. The number of carbonyl (C=O) groups excluding carboxylic acids is 1. The van der Waals surface area contributed by atoms with Gasteiger partial charge in [-0.15, -0.1) is 0 Å². The molecule has 0 saturated carbocycles. The Morgan fingerprint density at radius 2 is 1.93 bits per heavy atom. The summed E-state index contributed by atoms with van der Waals surface area (Å²) in [5.74, 6) is -1.09. The maximum Gasteiger partial charge on any atom is 0.335 e. The second-order valence-corrected chi connectivity index (χ2v) is 8.15. The van der Waals surface area contributed by atoms with E-state index in [0.717, 1.165) is 29.8 Å². The average molecular weight is 415 g/mol. The van der Waals surface area contributed by atoms with Gasteiger partial charge in [0.15, 0.2) is 0 Å². The Bertz CT molecular complexity index is 882. The Kier molecular flexibility index (Phi) is 6.80. The summed E-state index contributed by atoms with van der Waals surface area (Å²) in [6.45, 7) is 5.21. The summed E-state index contributed by atoms with van der Waals surface area (Å²) in [4.78, 5) is 25.9. The number of benzene rings is 2. The van der Waals surface area contributed by atoms with E-state index in [4.69, 9.17) is 16.7 Å². The van der Waals surface area contributed by atoms with Gasteiger partial charge in [0.1, 0.15) is 0 Å². The molecule has 0 bridgehead atoms. The van der Waals surface area contributed by atoms with Crippen molar-refractivity contribution >= 4 is 29.2 Å². The lowest BCUT2D eigenvalue weighted by Gasteiger charge is -2.37. The number of hydrogen-bond acceptors (Lipinski definition) is 3. The van der Waals surface area contributed by atoms with Crippen molar-refractivity contribution in [1.82, 2.24) is 5.32 Å². The highest BCUT2D eigenvalue weighted by molar-refractivity contribution is 6.30. The molecule has 6 heteroatoms. The van der Waals surface area contributed by atoms with Gasteiger partial charge in [-0.3, -0.25) is 4.79 Å². The van der Waals surface area contributed by atoms with Gasteiger partial charge in [-0.05, 0) is 74.6 Å². The van der Waals surface area contributed by atoms with E-state index in [1.54, 1.807) is 12.1 Å². The monoisotopic (exact) mass is 414 g/mol. The first-order chi connectivity index (χ1) is 13.8. The summed E-state index contributed by atoms with van der Waals surface area (Å²) < 4.78 is 0. The van der Waals surface area contributed by atoms with Crippen LogP contribution < -0.4 is 10.2 Å². The van der Waals surface area contributed by atoms with Gasteiger partial charge in [0, 0.05) is 23.3 Å². The van der Waals surface area contributed by atoms with Crippen LogP contribution in [0.15, 0.2) is 42.5 Å². The summed E-state index contributed by atoms with van der Waals surface area (Å²) in [6, 6.07) is 12.5. The van der Waals surface area contributed by atoms with Crippen molar-refractivity contribution in [2.45, 2.75) is 51.6 Å². The molecule has 1 saturated heterocycles. The molecule has 1 aliphatic rings. The topological polar surface area (TPSA) is 69.6 Å². The summed E-state index contributed by atoms with van der Waals surface area (Å²) in [6.07, 6.45) is 3.77. The molecule has 0 aromatic heterocycles. The molecule has 0 aliphatic carbocycles. The van der Waals surface area contributed by atoms with Crippen molar-refractivity contribution in [1.29, 1.82) is 0 Å². The maximum atomic E-state index is 12.6. The molecule has 154 valence electrons. The summed E-state index contributed by atoms with van der Waals surface area (Å²) in [5.41, 5.74) is 3.12. The van der Waals surface area contributed by atoms with Crippen LogP contribution in [0.4, 0.5) is 5.69 Å². The summed E-state index contributed by atoms with van der Waals surface area (Å²) >= 11 is 6.26. The molecule has 2 aromatic rings. The van der Waals surface area contributed by atoms with Crippen LogP contribution in [0.5, 0.6) is 0 Å². The lowest BCUT2D eigenvalue weighted by molar-refractivity contribution is -0.121. The number of aromatic carboxylic acids is 1. The zero-order valence-corrected chi connectivity index (χ0v) is 17.6. The first-order valence-corrected chi connectivity index (χ1v) is 10.4. The van der Waals surface area contributed by atoms with Crippen molar-refractivity contribution in [3.63, 3.8) is 0 Å². The molecule has 1 heterocycles. The number of carbonyl (C=O) groups is 2. The van der Waals surface area contributed by atoms with Crippen LogP contribution in [0.1, 0.15) is 60.6 Å². The molecule has 5 nitrogen and oxygen atoms in total. The van der Waals surface area contributed by atoms with Gasteiger partial charge >= 0.3 is 5.97 Å². The number of piperidine rings is 1. The van der Waals surface area contributed by atoms with Crippen LogP contribution >= 0.6 is 11.6 Å². The Labute approximate surface area is 176 Å². The fourth-order valence-corrected chi connectivity index (χ4v) is 4.09.